The molecule has 0 heterocycles. The summed E-state index contributed by atoms with van der Waals surface area (Å²) in [5, 5.41) is 0. The third-order valence-corrected chi connectivity index (χ3v) is 2.06. The standard InChI is InChI=1S/C10H19NO5/c1-5-16-10(13)11(8(2)7-12)6-9(14-3)15-4/h7-9H,5-6H2,1-4H3/t8-/m1/s1. The van der Waals surface area contributed by atoms with Gasteiger partial charge in [0.25, 0.3) is 0 Å². The molecule has 0 aliphatic heterocycles. The van der Waals surface area contributed by atoms with Crippen LogP contribution < -0.4 is 0 Å². The summed E-state index contributed by atoms with van der Waals surface area (Å²) < 4.78 is 14.8. The Kier molecular flexibility index (Phi) is 7.49. The minimum Gasteiger partial charge on any atom is -0.450 e. The van der Waals surface area contributed by atoms with E-state index in [9.17, 15) is 9.59 Å². The Morgan fingerprint density at radius 1 is 1.38 bits per heavy atom. The fourth-order valence-electron chi connectivity index (χ4n) is 1.09. The Morgan fingerprint density at radius 2 is 1.94 bits per heavy atom. The van der Waals surface area contributed by atoms with Crippen LogP contribution in [-0.4, -0.2) is 57.0 Å². The van der Waals surface area contributed by atoms with E-state index in [-0.39, 0.29) is 13.2 Å². The highest BCUT2D eigenvalue weighted by Gasteiger charge is 2.24. The van der Waals surface area contributed by atoms with Gasteiger partial charge in [0, 0.05) is 14.2 Å². The number of aldehydes is 1. The van der Waals surface area contributed by atoms with Crippen LogP contribution in [0.3, 0.4) is 0 Å². The number of rotatable bonds is 7. The largest absolute Gasteiger partial charge is 0.450 e. The maximum Gasteiger partial charge on any atom is 0.410 e. The highest BCUT2D eigenvalue weighted by molar-refractivity contribution is 5.73. The zero-order chi connectivity index (χ0) is 12.6. The van der Waals surface area contributed by atoms with Crippen molar-refractivity contribution in [2.45, 2.75) is 26.2 Å². The molecule has 94 valence electrons. The molecule has 0 rings (SSSR count). The van der Waals surface area contributed by atoms with Gasteiger partial charge in [-0.1, -0.05) is 0 Å². The molecule has 0 saturated carbocycles. The predicted molar refractivity (Wildman–Crippen MR) is 57.1 cm³/mol. The van der Waals surface area contributed by atoms with Crippen LogP contribution in [0.5, 0.6) is 0 Å². The Hall–Kier alpha value is -1.14. The highest BCUT2D eigenvalue weighted by atomic mass is 16.7. The number of carbonyl (C=O) groups excluding carboxylic acids is 2. The molecule has 6 heteroatoms. The first-order chi connectivity index (χ1) is 7.60. The molecule has 0 radical (unpaired) electrons. The third kappa shape index (κ3) is 4.59. The fraction of sp³-hybridized carbons (Fsp3) is 0.800. The van der Waals surface area contributed by atoms with Crippen LogP contribution in [0.4, 0.5) is 4.79 Å². The van der Waals surface area contributed by atoms with Crippen molar-refractivity contribution in [2.75, 3.05) is 27.4 Å². The molecule has 0 fully saturated rings. The van der Waals surface area contributed by atoms with E-state index < -0.39 is 18.4 Å². The Bertz CT molecular complexity index is 217. The van der Waals surface area contributed by atoms with Gasteiger partial charge in [0.2, 0.25) is 0 Å². The molecule has 0 aromatic rings. The number of carbonyl (C=O) groups is 2. The lowest BCUT2D eigenvalue weighted by atomic mass is 10.3. The van der Waals surface area contributed by atoms with Crippen molar-refractivity contribution >= 4 is 12.4 Å². The second kappa shape index (κ2) is 8.06. The minimum atomic E-state index is -0.577. The average Bonchev–Trinajstić information content (AvgIpc) is 2.30. The van der Waals surface area contributed by atoms with Crippen LogP contribution in [0, 0.1) is 0 Å². The molecule has 0 bridgehead atoms. The summed E-state index contributed by atoms with van der Waals surface area (Å²) in [5.41, 5.74) is 0. The lowest BCUT2D eigenvalue weighted by Gasteiger charge is -2.27. The molecule has 1 amide bonds. The molecule has 0 spiro atoms. The van der Waals surface area contributed by atoms with E-state index in [1.54, 1.807) is 13.8 Å². The molecule has 0 unspecified atom stereocenters. The number of hydrogen-bond acceptors (Lipinski definition) is 5. The third-order valence-electron chi connectivity index (χ3n) is 2.06. The lowest BCUT2D eigenvalue weighted by Crippen LogP contribution is -2.45. The Balaban J connectivity index is 4.53. The normalized spacial score (nSPS) is 12.3. The van der Waals surface area contributed by atoms with Gasteiger partial charge in [0.15, 0.2) is 6.29 Å². The number of amides is 1. The summed E-state index contributed by atoms with van der Waals surface area (Å²) in [6.07, 6.45) is -0.466. The van der Waals surface area contributed by atoms with Gasteiger partial charge in [-0.15, -0.1) is 0 Å². The summed E-state index contributed by atoms with van der Waals surface area (Å²) >= 11 is 0. The molecule has 0 aromatic carbocycles. The summed E-state index contributed by atoms with van der Waals surface area (Å²) in [7, 11) is 2.92. The SMILES string of the molecule is CCOC(=O)N(CC(OC)OC)[C@H](C)C=O. The molecule has 0 saturated heterocycles. The summed E-state index contributed by atoms with van der Waals surface area (Å²) in [6.45, 7) is 3.70. The lowest BCUT2D eigenvalue weighted by molar-refractivity contribution is -0.124. The average molecular weight is 233 g/mol. The van der Waals surface area contributed by atoms with Crippen molar-refractivity contribution in [3.05, 3.63) is 0 Å². The van der Waals surface area contributed by atoms with Gasteiger partial charge in [-0.2, -0.15) is 0 Å². The van der Waals surface area contributed by atoms with Crippen LogP contribution in [0.15, 0.2) is 0 Å². The van der Waals surface area contributed by atoms with Crippen molar-refractivity contribution in [3.63, 3.8) is 0 Å². The molecular weight excluding hydrogens is 214 g/mol. The quantitative estimate of drug-likeness (QED) is 0.477. The van der Waals surface area contributed by atoms with Crippen LogP contribution in [0.2, 0.25) is 0 Å². The number of hydrogen-bond donors (Lipinski definition) is 0. The van der Waals surface area contributed by atoms with Crippen molar-refractivity contribution in [1.29, 1.82) is 0 Å². The van der Waals surface area contributed by atoms with Gasteiger partial charge in [-0.25, -0.2) is 4.79 Å². The fourth-order valence-corrected chi connectivity index (χ4v) is 1.09. The Labute approximate surface area is 95.4 Å². The topological polar surface area (TPSA) is 65.1 Å². The maximum atomic E-state index is 11.5. The van der Waals surface area contributed by atoms with Crippen molar-refractivity contribution in [1.82, 2.24) is 4.90 Å². The van der Waals surface area contributed by atoms with Gasteiger partial charge in [-0.05, 0) is 13.8 Å². The van der Waals surface area contributed by atoms with E-state index in [2.05, 4.69) is 0 Å². The van der Waals surface area contributed by atoms with E-state index in [4.69, 9.17) is 14.2 Å². The number of methoxy groups -OCH3 is 2. The molecule has 0 N–H and O–H groups in total. The van der Waals surface area contributed by atoms with E-state index in [0.717, 1.165) is 0 Å². The van der Waals surface area contributed by atoms with Gasteiger partial charge in [0.05, 0.1) is 19.2 Å². The molecule has 6 nitrogen and oxygen atoms in total. The Morgan fingerprint density at radius 3 is 2.31 bits per heavy atom. The van der Waals surface area contributed by atoms with Gasteiger partial charge < -0.3 is 19.0 Å². The molecular formula is C10H19NO5. The van der Waals surface area contributed by atoms with Crippen LogP contribution in [-0.2, 0) is 19.0 Å². The molecule has 0 aromatic heterocycles. The minimum absolute atomic E-state index is 0.145. The van der Waals surface area contributed by atoms with Crippen LogP contribution in [0.25, 0.3) is 0 Å². The predicted octanol–water partition coefficient (Wildman–Crippen LogP) is 0.651. The first kappa shape index (κ1) is 14.9. The smallest absolute Gasteiger partial charge is 0.410 e. The first-order valence-corrected chi connectivity index (χ1v) is 5.04. The molecule has 0 aliphatic carbocycles. The first-order valence-electron chi connectivity index (χ1n) is 5.04. The van der Waals surface area contributed by atoms with Crippen molar-refractivity contribution < 1.29 is 23.8 Å². The van der Waals surface area contributed by atoms with Crippen molar-refractivity contribution in [3.8, 4) is 0 Å². The van der Waals surface area contributed by atoms with E-state index in [0.29, 0.717) is 6.29 Å². The summed E-state index contributed by atoms with van der Waals surface area (Å²) in [5.74, 6) is 0. The van der Waals surface area contributed by atoms with Crippen LogP contribution >= 0.6 is 0 Å². The number of nitrogens with zero attached hydrogens (tertiary/aromatic N) is 1. The van der Waals surface area contributed by atoms with Gasteiger partial charge >= 0.3 is 6.09 Å². The summed E-state index contributed by atoms with van der Waals surface area (Å²) in [4.78, 5) is 23.5. The summed E-state index contributed by atoms with van der Waals surface area (Å²) in [6, 6.07) is -0.577. The highest BCUT2D eigenvalue weighted by Crippen LogP contribution is 2.04. The molecule has 0 aliphatic rings. The second-order valence-electron chi connectivity index (χ2n) is 3.13. The zero-order valence-corrected chi connectivity index (χ0v) is 10.1. The monoisotopic (exact) mass is 233 g/mol. The van der Waals surface area contributed by atoms with E-state index >= 15 is 0 Å². The van der Waals surface area contributed by atoms with Crippen LogP contribution in [0.1, 0.15) is 13.8 Å². The zero-order valence-electron chi connectivity index (χ0n) is 10.1. The van der Waals surface area contributed by atoms with Gasteiger partial charge in [0.1, 0.15) is 6.29 Å². The number of ether oxygens (including phenoxy) is 3. The van der Waals surface area contributed by atoms with E-state index in [1.165, 1.54) is 19.1 Å². The molecule has 16 heavy (non-hydrogen) atoms. The van der Waals surface area contributed by atoms with E-state index in [1.807, 2.05) is 0 Å². The van der Waals surface area contributed by atoms with Gasteiger partial charge in [-0.3, -0.25) is 4.90 Å². The van der Waals surface area contributed by atoms with Crippen molar-refractivity contribution in [2.24, 2.45) is 0 Å². The molecule has 1 atom stereocenters. The second-order valence-corrected chi connectivity index (χ2v) is 3.13. The maximum absolute atomic E-state index is 11.5.